The summed E-state index contributed by atoms with van der Waals surface area (Å²) in [5.74, 6) is 0.850. The van der Waals surface area contributed by atoms with Gasteiger partial charge in [-0.15, -0.1) is 5.10 Å². The Morgan fingerprint density at radius 2 is 2.12 bits per heavy atom. The van der Waals surface area contributed by atoms with Gasteiger partial charge in [-0.3, -0.25) is 5.10 Å². The molecular formula is C17H18N4O3. The van der Waals surface area contributed by atoms with E-state index in [0.29, 0.717) is 24.7 Å². The molecule has 0 radical (unpaired) electrons. The van der Waals surface area contributed by atoms with E-state index in [1.165, 1.54) is 0 Å². The van der Waals surface area contributed by atoms with Gasteiger partial charge in [-0.05, 0) is 24.6 Å². The molecule has 2 aromatic rings. The van der Waals surface area contributed by atoms with Crippen LogP contribution in [-0.2, 0) is 11.3 Å². The normalized spacial score (nSPS) is 16.3. The van der Waals surface area contributed by atoms with Crippen molar-refractivity contribution in [3.8, 4) is 17.7 Å². The fourth-order valence-electron chi connectivity index (χ4n) is 2.82. The van der Waals surface area contributed by atoms with Gasteiger partial charge in [-0.25, -0.2) is 0 Å². The van der Waals surface area contributed by atoms with Crippen molar-refractivity contribution in [3.05, 3.63) is 52.5 Å². The zero-order valence-electron chi connectivity index (χ0n) is 13.5. The number of hydrogen-bond donors (Lipinski definition) is 2. The average Bonchev–Trinajstić information content (AvgIpc) is 2.97. The Hall–Kier alpha value is -2.98. The summed E-state index contributed by atoms with van der Waals surface area (Å²) in [6.45, 7) is 2.85. The van der Waals surface area contributed by atoms with Crippen LogP contribution in [0.5, 0.6) is 11.6 Å². The van der Waals surface area contributed by atoms with Crippen molar-refractivity contribution in [3.63, 3.8) is 0 Å². The Kier molecular flexibility index (Phi) is 4.40. The van der Waals surface area contributed by atoms with Gasteiger partial charge in [-0.2, -0.15) is 5.26 Å². The number of nitrogens with two attached hydrogens (primary N) is 1. The van der Waals surface area contributed by atoms with Crippen LogP contribution < -0.4 is 15.2 Å². The summed E-state index contributed by atoms with van der Waals surface area (Å²) < 4.78 is 16.2. The van der Waals surface area contributed by atoms with Gasteiger partial charge in [0, 0.05) is 7.11 Å². The fraction of sp³-hybridized carbons (Fsp3) is 0.294. The summed E-state index contributed by atoms with van der Waals surface area (Å²) in [6.07, 6.45) is 0. The number of nitrogens with zero attached hydrogens (tertiary/aromatic N) is 2. The van der Waals surface area contributed by atoms with E-state index < -0.39 is 0 Å². The van der Waals surface area contributed by atoms with Crippen molar-refractivity contribution in [1.82, 2.24) is 10.2 Å². The Labute approximate surface area is 139 Å². The molecule has 7 heteroatoms. The van der Waals surface area contributed by atoms with Gasteiger partial charge in [0.15, 0.2) is 0 Å². The lowest BCUT2D eigenvalue weighted by atomic mass is 9.84. The van der Waals surface area contributed by atoms with Crippen molar-refractivity contribution in [2.45, 2.75) is 19.4 Å². The minimum atomic E-state index is -0.363. The maximum Gasteiger partial charge on any atom is 0.244 e. The number of fused-ring (bicyclic) bond motifs is 1. The van der Waals surface area contributed by atoms with Crippen LogP contribution in [-0.4, -0.2) is 23.9 Å². The Balaban J connectivity index is 2.10. The number of hydrogen-bond acceptors (Lipinski definition) is 6. The lowest BCUT2D eigenvalue weighted by Gasteiger charge is -2.24. The highest BCUT2D eigenvalue weighted by Crippen LogP contribution is 2.43. The summed E-state index contributed by atoms with van der Waals surface area (Å²) in [5, 5.41) is 16.6. The molecule has 24 heavy (non-hydrogen) atoms. The van der Waals surface area contributed by atoms with Gasteiger partial charge in [0.2, 0.25) is 11.8 Å². The third-order valence-electron chi connectivity index (χ3n) is 3.83. The Morgan fingerprint density at radius 1 is 1.38 bits per heavy atom. The molecule has 1 aromatic carbocycles. The van der Waals surface area contributed by atoms with E-state index in [0.717, 1.165) is 22.6 Å². The minimum absolute atomic E-state index is 0.0688. The molecule has 2 heterocycles. The highest BCUT2D eigenvalue weighted by Gasteiger charge is 2.35. The van der Waals surface area contributed by atoms with Crippen molar-refractivity contribution in [1.29, 1.82) is 5.26 Å². The maximum absolute atomic E-state index is 9.56. The van der Waals surface area contributed by atoms with Gasteiger partial charge in [-0.1, -0.05) is 12.1 Å². The summed E-state index contributed by atoms with van der Waals surface area (Å²) in [7, 11) is 1.60. The molecule has 0 amide bonds. The van der Waals surface area contributed by atoms with Crippen molar-refractivity contribution in [2.24, 2.45) is 5.73 Å². The Morgan fingerprint density at radius 3 is 2.75 bits per heavy atom. The molecule has 1 unspecified atom stereocenters. The molecule has 0 saturated heterocycles. The summed E-state index contributed by atoms with van der Waals surface area (Å²) >= 11 is 0. The molecule has 0 fully saturated rings. The second kappa shape index (κ2) is 6.64. The molecule has 1 aliphatic heterocycles. The molecule has 1 aromatic heterocycles. The molecule has 1 aliphatic rings. The first-order valence-corrected chi connectivity index (χ1v) is 7.56. The molecule has 0 aliphatic carbocycles. The number of benzene rings is 1. The number of methoxy groups -OCH3 is 1. The number of ether oxygens (including phenoxy) is 3. The number of H-pyrrole nitrogens is 1. The molecule has 7 nitrogen and oxygen atoms in total. The van der Waals surface area contributed by atoms with Gasteiger partial charge in [0.25, 0.3) is 0 Å². The molecule has 3 rings (SSSR count). The number of allylic oxidation sites excluding steroid dienone is 1. The van der Waals surface area contributed by atoms with Gasteiger partial charge in [0.1, 0.15) is 17.4 Å². The molecule has 0 spiro atoms. The molecule has 0 saturated carbocycles. The lowest BCUT2D eigenvalue weighted by molar-refractivity contribution is 0.180. The quantitative estimate of drug-likeness (QED) is 0.872. The van der Waals surface area contributed by atoms with E-state index >= 15 is 0 Å². The molecular weight excluding hydrogens is 308 g/mol. The molecule has 3 N–H and O–H groups in total. The van der Waals surface area contributed by atoms with Gasteiger partial charge in [0.05, 0.1) is 30.4 Å². The van der Waals surface area contributed by atoms with Crippen LogP contribution in [0.15, 0.2) is 35.7 Å². The monoisotopic (exact) mass is 326 g/mol. The van der Waals surface area contributed by atoms with Gasteiger partial charge >= 0.3 is 0 Å². The van der Waals surface area contributed by atoms with Crippen LogP contribution in [0.2, 0.25) is 0 Å². The smallest absolute Gasteiger partial charge is 0.244 e. The van der Waals surface area contributed by atoms with Crippen molar-refractivity contribution >= 4 is 0 Å². The molecule has 0 bridgehead atoms. The zero-order valence-corrected chi connectivity index (χ0v) is 13.5. The summed E-state index contributed by atoms with van der Waals surface area (Å²) in [6, 6.07) is 9.73. The number of aromatic amines is 1. The van der Waals surface area contributed by atoms with E-state index in [4.69, 9.17) is 19.9 Å². The summed E-state index contributed by atoms with van der Waals surface area (Å²) in [5.41, 5.74) is 8.70. The second-order valence-corrected chi connectivity index (χ2v) is 5.28. The third-order valence-corrected chi connectivity index (χ3v) is 3.83. The third kappa shape index (κ3) is 2.68. The van der Waals surface area contributed by atoms with Crippen molar-refractivity contribution < 1.29 is 14.2 Å². The molecule has 124 valence electrons. The largest absolute Gasteiger partial charge is 0.494 e. The highest BCUT2D eigenvalue weighted by atomic mass is 16.5. The van der Waals surface area contributed by atoms with Crippen LogP contribution in [0.3, 0.4) is 0 Å². The first-order chi connectivity index (χ1) is 11.7. The minimum Gasteiger partial charge on any atom is -0.494 e. The highest BCUT2D eigenvalue weighted by molar-refractivity contribution is 5.55. The van der Waals surface area contributed by atoms with Crippen LogP contribution in [0.1, 0.15) is 29.7 Å². The van der Waals surface area contributed by atoms with E-state index in [1.54, 1.807) is 7.11 Å². The number of nitriles is 1. The predicted molar refractivity (Wildman–Crippen MR) is 86.2 cm³/mol. The standard InChI is InChI=1S/C17H18N4O3/c1-3-23-11-6-4-10(5-7-11)14-12(8-18)16(19)24-17-15(14)13(9-22-2)20-21-17/h4-7,14H,3,9,19H2,1-2H3,(H,20,21). The topological polar surface area (TPSA) is 106 Å². The average molecular weight is 326 g/mol. The molecule has 1 atom stereocenters. The lowest BCUT2D eigenvalue weighted by Crippen LogP contribution is -2.21. The van der Waals surface area contributed by atoms with Crippen LogP contribution in [0.4, 0.5) is 0 Å². The van der Waals surface area contributed by atoms with Crippen LogP contribution in [0, 0.1) is 11.3 Å². The van der Waals surface area contributed by atoms with E-state index in [9.17, 15) is 5.26 Å². The van der Waals surface area contributed by atoms with E-state index in [1.807, 2.05) is 31.2 Å². The zero-order chi connectivity index (χ0) is 17.1. The number of nitrogens with one attached hydrogen (secondary N) is 1. The van der Waals surface area contributed by atoms with Crippen LogP contribution in [0.25, 0.3) is 0 Å². The van der Waals surface area contributed by atoms with E-state index in [-0.39, 0.29) is 11.8 Å². The Bertz CT molecular complexity index is 802. The van der Waals surface area contributed by atoms with Crippen molar-refractivity contribution in [2.75, 3.05) is 13.7 Å². The predicted octanol–water partition coefficient (Wildman–Crippen LogP) is 2.17. The van der Waals surface area contributed by atoms with Crippen LogP contribution >= 0.6 is 0 Å². The first-order valence-electron chi connectivity index (χ1n) is 7.56. The maximum atomic E-state index is 9.56. The van der Waals surface area contributed by atoms with Gasteiger partial charge < -0.3 is 19.9 Å². The fourth-order valence-corrected chi connectivity index (χ4v) is 2.82. The second-order valence-electron chi connectivity index (χ2n) is 5.28. The number of rotatable bonds is 5. The first kappa shape index (κ1) is 15.9. The number of aromatic nitrogens is 2. The summed E-state index contributed by atoms with van der Waals surface area (Å²) in [4.78, 5) is 0. The van der Waals surface area contributed by atoms with E-state index in [2.05, 4.69) is 16.3 Å². The SMILES string of the molecule is CCOc1ccc(C2C(C#N)=C(N)Oc3n[nH]c(COC)c32)cc1.